The molecular formula is C14H18BrNO3. The van der Waals surface area contributed by atoms with Crippen LogP contribution in [-0.4, -0.2) is 44.1 Å². The van der Waals surface area contributed by atoms with E-state index in [0.717, 1.165) is 49.5 Å². The lowest BCUT2D eigenvalue weighted by Gasteiger charge is -2.22. The molecule has 0 radical (unpaired) electrons. The molecule has 1 aromatic carbocycles. The Morgan fingerprint density at radius 2 is 2.16 bits per heavy atom. The van der Waals surface area contributed by atoms with Crippen LogP contribution < -0.4 is 4.74 Å². The molecule has 4 nitrogen and oxygen atoms in total. The van der Waals surface area contributed by atoms with Crippen molar-refractivity contribution in [1.29, 1.82) is 0 Å². The molecule has 0 atom stereocenters. The highest BCUT2D eigenvalue weighted by atomic mass is 79.9. The van der Waals surface area contributed by atoms with Crippen LogP contribution in [0.5, 0.6) is 5.75 Å². The molecule has 0 N–H and O–H groups in total. The molecule has 19 heavy (non-hydrogen) atoms. The van der Waals surface area contributed by atoms with Crippen molar-refractivity contribution in [1.82, 2.24) is 4.90 Å². The molecule has 2 fully saturated rings. The van der Waals surface area contributed by atoms with Gasteiger partial charge in [0.25, 0.3) is 0 Å². The summed E-state index contributed by atoms with van der Waals surface area (Å²) in [7, 11) is 1.68. The van der Waals surface area contributed by atoms with Crippen LogP contribution in [0.25, 0.3) is 0 Å². The first-order valence-electron chi connectivity index (χ1n) is 6.53. The summed E-state index contributed by atoms with van der Waals surface area (Å²) in [5.41, 5.74) is 1.27. The number of likely N-dealkylation sites (tertiary alicyclic amines) is 1. The van der Waals surface area contributed by atoms with Crippen molar-refractivity contribution in [2.45, 2.75) is 18.8 Å². The van der Waals surface area contributed by atoms with Gasteiger partial charge in [-0.3, -0.25) is 4.90 Å². The van der Waals surface area contributed by atoms with Gasteiger partial charge in [0.05, 0.1) is 31.3 Å². The molecule has 2 aliphatic rings. The molecule has 5 heteroatoms. The van der Waals surface area contributed by atoms with Gasteiger partial charge in [-0.05, 0) is 33.6 Å². The van der Waals surface area contributed by atoms with Crippen molar-refractivity contribution >= 4 is 15.9 Å². The summed E-state index contributed by atoms with van der Waals surface area (Å²) in [6, 6.07) is 6.21. The van der Waals surface area contributed by atoms with Gasteiger partial charge in [-0.2, -0.15) is 0 Å². The van der Waals surface area contributed by atoms with Crippen LogP contribution in [0, 0.1) is 0 Å². The lowest BCUT2D eigenvalue weighted by atomic mass is 10.2. The standard InChI is InChI=1S/C14H18BrNO3/c1-17-13-3-2-11(8-12(13)15)9-16-5-4-14(10-16)18-6-7-19-14/h2-3,8H,4-7,9-10H2,1H3. The number of nitrogens with zero attached hydrogens (tertiary/aromatic N) is 1. The van der Waals surface area contributed by atoms with E-state index in [-0.39, 0.29) is 5.79 Å². The third-order valence-electron chi connectivity index (χ3n) is 3.71. The Bertz CT molecular complexity index is 460. The molecule has 0 bridgehead atoms. The van der Waals surface area contributed by atoms with Crippen LogP contribution in [-0.2, 0) is 16.0 Å². The van der Waals surface area contributed by atoms with Crippen LogP contribution >= 0.6 is 15.9 Å². The summed E-state index contributed by atoms with van der Waals surface area (Å²) in [5, 5.41) is 0. The third kappa shape index (κ3) is 2.79. The van der Waals surface area contributed by atoms with Gasteiger partial charge < -0.3 is 14.2 Å². The van der Waals surface area contributed by atoms with E-state index in [9.17, 15) is 0 Å². The molecule has 0 aromatic heterocycles. The van der Waals surface area contributed by atoms with Crippen LogP contribution in [0.15, 0.2) is 22.7 Å². The number of methoxy groups -OCH3 is 1. The Morgan fingerprint density at radius 3 is 2.84 bits per heavy atom. The van der Waals surface area contributed by atoms with Crippen molar-refractivity contribution in [3.8, 4) is 5.75 Å². The van der Waals surface area contributed by atoms with E-state index in [4.69, 9.17) is 14.2 Å². The fourth-order valence-electron chi connectivity index (χ4n) is 2.76. The van der Waals surface area contributed by atoms with Gasteiger partial charge in [-0.25, -0.2) is 0 Å². The van der Waals surface area contributed by atoms with Crippen LogP contribution in [0.2, 0.25) is 0 Å². The zero-order valence-electron chi connectivity index (χ0n) is 11.0. The summed E-state index contributed by atoms with van der Waals surface area (Å²) < 4.78 is 17.7. The Hall–Kier alpha value is -0.620. The summed E-state index contributed by atoms with van der Waals surface area (Å²) in [6.45, 7) is 4.24. The predicted octanol–water partition coefficient (Wildman–Crippen LogP) is 2.41. The maximum Gasteiger partial charge on any atom is 0.182 e. The molecule has 1 aromatic rings. The average Bonchev–Trinajstić information content (AvgIpc) is 3.01. The smallest absolute Gasteiger partial charge is 0.182 e. The fraction of sp³-hybridized carbons (Fsp3) is 0.571. The SMILES string of the molecule is COc1ccc(CN2CCC3(C2)OCCO3)cc1Br. The fourth-order valence-corrected chi connectivity index (χ4v) is 3.35. The first-order chi connectivity index (χ1) is 9.21. The van der Waals surface area contributed by atoms with E-state index >= 15 is 0 Å². The zero-order valence-corrected chi connectivity index (χ0v) is 12.6. The van der Waals surface area contributed by atoms with Crippen molar-refractivity contribution in [3.05, 3.63) is 28.2 Å². The van der Waals surface area contributed by atoms with Crippen molar-refractivity contribution in [2.24, 2.45) is 0 Å². The first-order valence-corrected chi connectivity index (χ1v) is 7.33. The van der Waals surface area contributed by atoms with E-state index in [0.29, 0.717) is 0 Å². The molecule has 2 heterocycles. The van der Waals surface area contributed by atoms with E-state index in [1.807, 2.05) is 6.07 Å². The van der Waals surface area contributed by atoms with Gasteiger partial charge in [0.1, 0.15) is 5.75 Å². The van der Waals surface area contributed by atoms with E-state index in [1.54, 1.807) is 7.11 Å². The minimum absolute atomic E-state index is 0.330. The molecule has 2 aliphatic heterocycles. The monoisotopic (exact) mass is 327 g/mol. The number of benzene rings is 1. The van der Waals surface area contributed by atoms with Gasteiger partial charge in [0.15, 0.2) is 5.79 Å². The Balaban J connectivity index is 1.64. The number of hydrogen-bond acceptors (Lipinski definition) is 4. The maximum absolute atomic E-state index is 5.74. The van der Waals surface area contributed by atoms with Gasteiger partial charge in [-0.15, -0.1) is 0 Å². The number of halogens is 1. The van der Waals surface area contributed by atoms with Crippen LogP contribution in [0.4, 0.5) is 0 Å². The van der Waals surface area contributed by atoms with E-state index in [2.05, 4.69) is 33.0 Å². The van der Waals surface area contributed by atoms with E-state index < -0.39 is 0 Å². The minimum Gasteiger partial charge on any atom is -0.496 e. The highest BCUT2D eigenvalue weighted by Crippen LogP contribution is 2.32. The quantitative estimate of drug-likeness (QED) is 0.853. The lowest BCUT2D eigenvalue weighted by molar-refractivity contribution is -0.145. The largest absolute Gasteiger partial charge is 0.496 e. The van der Waals surface area contributed by atoms with Crippen molar-refractivity contribution in [3.63, 3.8) is 0 Å². The molecule has 0 saturated carbocycles. The highest BCUT2D eigenvalue weighted by Gasteiger charge is 2.42. The van der Waals surface area contributed by atoms with Gasteiger partial charge >= 0.3 is 0 Å². The van der Waals surface area contributed by atoms with Crippen molar-refractivity contribution in [2.75, 3.05) is 33.4 Å². The number of ether oxygens (including phenoxy) is 3. The molecule has 0 amide bonds. The maximum atomic E-state index is 5.74. The average molecular weight is 328 g/mol. The normalized spacial score (nSPS) is 22.2. The lowest BCUT2D eigenvalue weighted by Crippen LogP contribution is -2.34. The Kier molecular flexibility index (Phi) is 3.80. The molecule has 0 unspecified atom stereocenters. The van der Waals surface area contributed by atoms with E-state index in [1.165, 1.54) is 5.56 Å². The predicted molar refractivity (Wildman–Crippen MR) is 75.2 cm³/mol. The summed E-state index contributed by atoms with van der Waals surface area (Å²) in [4.78, 5) is 2.37. The molecule has 104 valence electrons. The molecule has 3 rings (SSSR count). The second-order valence-electron chi connectivity index (χ2n) is 5.04. The van der Waals surface area contributed by atoms with Crippen molar-refractivity contribution < 1.29 is 14.2 Å². The first kappa shape index (κ1) is 13.4. The summed E-state index contributed by atoms with van der Waals surface area (Å²) in [5.74, 6) is 0.535. The molecule has 2 saturated heterocycles. The number of hydrogen-bond donors (Lipinski definition) is 0. The molecule has 0 aliphatic carbocycles. The number of rotatable bonds is 3. The highest BCUT2D eigenvalue weighted by molar-refractivity contribution is 9.10. The Morgan fingerprint density at radius 1 is 1.37 bits per heavy atom. The summed E-state index contributed by atoms with van der Waals surface area (Å²) >= 11 is 3.52. The topological polar surface area (TPSA) is 30.9 Å². The summed E-state index contributed by atoms with van der Waals surface area (Å²) in [6.07, 6.45) is 0.963. The second kappa shape index (κ2) is 5.40. The molecule has 1 spiro atoms. The van der Waals surface area contributed by atoms with Gasteiger partial charge in [0.2, 0.25) is 0 Å². The zero-order chi connectivity index (χ0) is 13.3. The van der Waals surface area contributed by atoms with Crippen LogP contribution in [0.3, 0.4) is 0 Å². The minimum atomic E-state index is -0.330. The van der Waals surface area contributed by atoms with Crippen LogP contribution in [0.1, 0.15) is 12.0 Å². The second-order valence-corrected chi connectivity index (χ2v) is 5.89. The third-order valence-corrected chi connectivity index (χ3v) is 4.33. The van der Waals surface area contributed by atoms with Gasteiger partial charge in [-0.1, -0.05) is 6.07 Å². The molecular weight excluding hydrogens is 310 g/mol. The van der Waals surface area contributed by atoms with Gasteiger partial charge in [0, 0.05) is 19.5 Å². The Labute approximate surface area is 121 Å².